The lowest BCUT2D eigenvalue weighted by Crippen LogP contribution is -2.62. The molecular weight excluding hydrogens is 1440 g/mol. The van der Waals surface area contributed by atoms with Gasteiger partial charge in [0.1, 0.15) is 78.8 Å². The number of rotatable bonds is 40. The van der Waals surface area contributed by atoms with E-state index in [1.807, 2.05) is 0 Å². The van der Waals surface area contributed by atoms with E-state index in [1.54, 1.807) is 105 Å². The quantitative estimate of drug-likeness (QED) is 0.0195. The summed E-state index contributed by atoms with van der Waals surface area (Å²) in [4.78, 5) is 206. The van der Waals surface area contributed by atoms with E-state index in [-0.39, 0.29) is 49.3 Å². The third kappa shape index (κ3) is 24.7. The van der Waals surface area contributed by atoms with Gasteiger partial charge in [-0.05, 0) is 66.3 Å². The molecule has 0 aliphatic carbocycles. The number of benzene rings is 4. The summed E-state index contributed by atoms with van der Waals surface area (Å²) in [6.45, 7) is 5.90. The van der Waals surface area contributed by atoms with Crippen LogP contribution in [0.2, 0.25) is 0 Å². The van der Waals surface area contributed by atoms with Crippen molar-refractivity contribution >= 4 is 130 Å². The number of para-hydroxylation sites is 2. The van der Waals surface area contributed by atoms with E-state index in [0.717, 1.165) is 6.92 Å². The minimum absolute atomic E-state index is 0.141. The first kappa shape index (κ1) is 83.5. The predicted octanol–water partition coefficient (Wildman–Crippen LogP) is -1.46. The molecule has 576 valence electrons. The number of phenols is 1. The van der Waals surface area contributed by atoms with Crippen molar-refractivity contribution in [1.82, 2.24) is 83.7 Å². The smallest absolute Gasteiger partial charge is 0.322 e. The lowest BCUT2D eigenvalue weighted by Gasteiger charge is -2.29. The van der Waals surface area contributed by atoms with Gasteiger partial charge in [0.05, 0.1) is 18.9 Å². The normalized spacial score (nSPS) is 14.5. The van der Waals surface area contributed by atoms with Crippen molar-refractivity contribution in [1.29, 1.82) is 0 Å². The summed E-state index contributed by atoms with van der Waals surface area (Å²) in [6, 6.07) is 10.7. The van der Waals surface area contributed by atoms with Crippen molar-refractivity contribution in [2.75, 3.05) is 18.1 Å². The molecule has 12 amide bonds. The van der Waals surface area contributed by atoms with E-state index in [1.165, 1.54) is 50.6 Å². The molecule has 3 aromatic heterocycles. The Morgan fingerprint density at radius 3 is 1.33 bits per heavy atom. The van der Waals surface area contributed by atoms with Gasteiger partial charge in [-0.15, -0.1) is 0 Å². The largest absolute Gasteiger partial charge is 0.508 e. The topological polar surface area (TPSA) is 525 Å². The fraction of sp³-hybridized carbons (Fsp3) is 0.375. The molecule has 0 fully saturated rings. The summed E-state index contributed by atoms with van der Waals surface area (Å²) < 4.78 is 0. The number of carbonyl (C=O) groups excluding carboxylic acids is 12. The number of nitrogens with one attached hydrogen (secondary N) is 15. The van der Waals surface area contributed by atoms with Crippen molar-refractivity contribution in [3.05, 3.63) is 156 Å². The second-order valence-corrected chi connectivity index (χ2v) is 26.6. The SMILES string of the molecule is CC(=O)N[C@@H](CS)C(=O)N[C@@H](C)C(=O)N[C@@H](CC(=O)O)C(=O)N[C@@H](Cc1c[nH]c2ccccc12)C(=O)N[C@H](C(=O)N[C@@H](CS)C(=O)N[C@@H](Cc1ccc(O)cc1)C(=O)N[C@@H](Cc1c[nH]c2ccccc12)C(=O)N[C@@H](Cc1cnc[nH]1)C(=O)N[C@H](C(=O)N[C@@H](Cc1ccccc1)C(=O)NCC(=O)O)[C@@H](C)O)C(C)C. The minimum Gasteiger partial charge on any atom is -0.508 e. The number of aliphatic carboxylic acids is 2. The molecule has 0 aliphatic rings. The molecular formula is C72H88N16O18S2. The number of nitrogens with zero attached hydrogens (tertiary/aromatic N) is 1. The number of carbonyl (C=O) groups is 14. The van der Waals surface area contributed by atoms with Gasteiger partial charge in [0.25, 0.3) is 0 Å². The Morgan fingerprint density at radius 2 is 0.843 bits per heavy atom. The summed E-state index contributed by atoms with van der Waals surface area (Å²) in [5.74, 6) is -16.0. The van der Waals surface area contributed by atoms with Crippen LogP contribution in [0, 0.1) is 5.92 Å². The van der Waals surface area contributed by atoms with E-state index in [9.17, 15) is 78.0 Å². The Morgan fingerprint density at radius 1 is 0.426 bits per heavy atom. The number of thiol groups is 2. The van der Waals surface area contributed by atoms with Gasteiger partial charge < -0.3 is 99.2 Å². The number of aliphatic hydroxyl groups is 1. The Bertz CT molecular complexity index is 4350. The molecule has 19 N–H and O–H groups in total. The van der Waals surface area contributed by atoms with Crippen LogP contribution >= 0.6 is 25.3 Å². The fourth-order valence-corrected chi connectivity index (χ4v) is 12.0. The van der Waals surface area contributed by atoms with Crippen molar-refractivity contribution in [2.45, 2.75) is 146 Å². The number of carboxylic acids is 2. The van der Waals surface area contributed by atoms with Crippen LogP contribution < -0.4 is 63.8 Å². The van der Waals surface area contributed by atoms with E-state index in [0.29, 0.717) is 44.1 Å². The highest BCUT2D eigenvalue weighted by Crippen LogP contribution is 2.22. The molecule has 0 saturated heterocycles. The second kappa shape index (κ2) is 40.1. The van der Waals surface area contributed by atoms with Crippen LogP contribution in [0.15, 0.2) is 128 Å². The summed E-state index contributed by atoms with van der Waals surface area (Å²) in [5, 5.41) is 71.8. The van der Waals surface area contributed by atoms with E-state index >= 15 is 9.59 Å². The molecule has 36 heteroatoms. The molecule has 12 atom stereocenters. The summed E-state index contributed by atoms with van der Waals surface area (Å²) >= 11 is 8.47. The van der Waals surface area contributed by atoms with Gasteiger partial charge in [-0.1, -0.05) is 92.7 Å². The molecule has 0 bridgehead atoms. The number of phenolic OH excluding ortho intramolecular Hbond substituents is 1. The first-order valence-corrected chi connectivity index (χ1v) is 35.5. The van der Waals surface area contributed by atoms with Crippen LogP contribution in [0.5, 0.6) is 5.75 Å². The standard InChI is InChI=1S/C72H88N16O18S2/c1-36(2)60(87-67(101)53(26-43-30-75-49-18-12-10-16-47(43)49)83-66(100)55(28-58(92)93)80-62(96)37(3)78-69(103)56(33-107)79-39(5)90)71(105)86-57(34-108)70(104)81-51(24-41-19-21-45(91)22-20-41)64(98)82-52(25-42-29-74-48-17-11-9-15-46(42)48)65(99)84-54(27-44-31-73-35-77-44)68(102)88-61(38(4)89)72(106)85-50(63(97)76-32-59(94)95)23-40-13-7-6-8-14-40/h6-22,29-31,35-38,50-57,60-61,74-75,89,91,107-108H,23-28,32-34H2,1-5H3,(H,73,77)(H,76,97)(H,78,103)(H,79,90)(H,80,96)(H,81,104)(H,82,98)(H,83,100)(H,84,99)(H,85,106)(H,86,105)(H,87,101)(H,88,102)(H,92,93)(H,94,95)/t37-,38+,50-,51-,52-,53-,54-,55-,56-,57-,60-,61-/m0/s1. The van der Waals surface area contributed by atoms with E-state index < -0.39 is 180 Å². The monoisotopic (exact) mass is 1530 g/mol. The highest BCUT2D eigenvalue weighted by molar-refractivity contribution is 7.80. The number of aromatic nitrogens is 4. The summed E-state index contributed by atoms with van der Waals surface area (Å²) in [6.07, 6.45) is 1.77. The second-order valence-electron chi connectivity index (χ2n) is 25.9. The number of amides is 12. The van der Waals surface area contributed by atoms with Crippen LogP contribution in [0.4, 0.5) is 0 Å². The van der Waals surface area contributed by atoms with Crippen LogP contribution in [-0.2, 0) is 99.2 Å². The Kier molecular flexibility index (Phi) is 31.0. The number of carboxylic acid groups (broad SMARTS) is 2. The zero-order valence-electron chi connectivity index (χ0n) is 59.3. The summed E-state index contributed by atoms with van der Waals surface area (Å²) in [7, 11) is 0. The first-order valence-electron chi connectivity index (χ1n) is 34.2. The van der Waals surface area contributed by atoms with Gasteiger partial charge in [-0.3, -0.25) is 67.1 Å². The maximum absolute atomic E-state index is 15.2. The maximum atomic E-state index is 15.2. The number of imidazole rings is 1. The fourth-order valence-electron chi connectivity index (χ4n) is 11.5. The molecule has 0 aliphatic heterocycles. The van der Waals surface area contributed by atoms with E-state index in [2.05, 4.69) is 109 Å². The lowest BCUT2D eigenvalue weighted by atomic mass is 9.99. The van der Waals surface area contributed by atoms with Crippen LogP contribution in [0.25, 0.3) is 21.8 Å². The number of hydrogen-bond donors (Lipinski definition) is 21. The van der Waals surface area contributed by atoms with Gasteiger partial charge in [-0.25, -0.2) is 4.98 Å². The number of hydrogen-bond acceptors (Lipinski definition) is 19. The van der Waals surface area contributed by atoms with Crippen molar-refractivity contribution < 1.29 is 87.5 Å². The molecule has 0 spiro atoms. The molecule has 108 heavy (non-hydrogen) atoms. The van der Waals surface area contributed by atoms with Crippen LogP contribution in [-0.4, -0.2) is 214 Å². The van der Waals surface area contributed by atoms with Crippen molar-refractivity contribution in [2.24, 2.45) is 5.92 Å². The first-order chi connectivity index (χ1) is 51.4. The number of H-pyrrole nitrogens is 3. The zero-order valence-corrected chi connectivity index (χ0v) is 61.1. The number of aromatic amines is 3. The molecule has 0 radical (unpaired) electrons. The summed E-state index contributed by atoms with van der Waals surface area (Å²) in [5.41, 5.74) is 3.46. The predicted molar refractivity (Wildman–Crippen MR) is 398 cm³/mol. The maximum Gasteiger partial charge on any atom is 0.322 e. The molecule has 7 aromatic rings. The molecule has 4 aromatic carbocycles. The lowest BCUT2D eigenvalue weighted by molar-refractivity contribution is -0.141. The number of aliphatic hydroxyl groups excluding tert-OH is 1. The number of fused-ring (bicyclic) bond motifs is 2. The van der Waals surface area contributed by atoms with Gasteiger partial charge in [-0.2, -0.15) is 25.3 Å². The Labute approximate surface area is 629 Å². The Hall–Kier alpha value is -11.8. The van der Waals surface area contributed by atoms with Crippen LogP contribution in [0.3, 0.4) is 0 Å². The third-order valence-electron chi connectivity index (χ3n) is 17.2. The average molecular weight is 1530 g/mol. The van der Waals surface area contributed by atoms with E-state index in [4.69, 9.17) is 0 Å². The highest BCUT2D eigenvalue weighted by Gasteiger charge is 2.39. The van der Waals surface area contributed by atoms with Gasteiger partial charge in [0.2, 0.25) is 70.9 Å². The minimum atomic E-state index is -1.86. The third-order valence-corrected chi connectivity index (χ3v) is 17.9. The van der Waals surface area contributed by atoms with Crippen LogP contribution in [0.1, 0.15) is 69.0 Å². The van der Waals surface area contributed by atoms with Gasteiger partial charge >= 0.3 is 11.9 Å². The van der Waals surface area contributed by atoms with Gasteiger partial charge in [0.15, 0.2) is 0 Å². The van der Waals surface area contributed by atoms with Crippen molar-refractivity contribution in [3.63, 3.8) is 0 Å². The Balaban J connectivity index is 1.13. The zero-order chi connectivity index (χ0) is 78.9. The molecule has 7 rings (SSSR count). The molecule has 0 unspecified atom stereocenters. The van der Waals surface area contributed by atoms with Gasteiger partial charge in [0, 0.05) is 96.6 Å². The molecule has 3 heterocycles. The molecule has 0 saturated carbocycles. The average Bonchev–Trinajstić information content (AvgIpc) is 1.69. The highest BCUT2D eigenvalue weighted by atomic mass is 32.1. The van der Waals surface area contributed by atoms with Crippen molar-refractivity contribution in [3.8, 4) is 5.75 Å². The molecule has 34 nitrogen and oxygen atoms in total. The number of aromatic hydroxyl groups is 1.